The Hall–Kier alpha value is -3.74. The van der Waals surface area contributed by atoms with Gasteiger partial charge in [0.2, 0.25) is 5.91 Å². The highest BCUT2D eigenvalue weighted by Gasteiger charge is 2.13. The molecule has 3 aromatic rings. The molecule has 7 heteroatoms. The van der Waals surface area contributed by atoms with Gasteiger partial charge in [0.25, 0.3) is 0 Å². The smallest absolute Gasteiger partial charge is 0.325 e. The van der Waals surface area contributed by atoms with E-state index in [2.05, 4.69) is 22.2 Å². The van der Waals surface area contributed by atoms with Crippen molar-refractivity contribution >= 4 is 11.9 Å². The van der Waals surface area contributed by atoms with Gasteiger partial charge < -0.3 is 15.2 Å². The third-order valence-electron chi connectivity index (χ3n) is 5.96. The second kappa shape index (κ2) is 14.0. The number of nitrogens with zero attached hydrogens (tertiary/aromatic N) is 2. The highest BCUT2D eigenvalue weighted by Crippen LogP contribution is 2.23. The zero-order valence-electron chi connectivity index (χ0n) is 21.1. The summed E-state index contributed by atoms with van der Waals surface area (Å²) in [4.78, 5) is 31.8. The second-order valence-corrected chi connectivity index (χ2v) is 8.91. The van der Waals surface area contributed by atoms with E-state index in [9.17, 15) is 9.59 Å². The molecule has 2 aromatic carbocycles. The van der Waals surface area contributed by atoms with Crippen molar-refractivity contribution < 1.29 is 19.4 Å². The van der Waals surface area contributed by atoms with Crippen LogP contribution in [0.3, 0.4) is 0 Å². The third kappa shape index (κ3) is 8.48. The van der Waals surface area contributed by atoms with Gasteiger partial charge in [-0.05, 0) is 43.0 Å². The van der Waals surface area contributed by atoms with E-state index in [1.54, 1.807) is 0 Å². The predicted molar refractivity (Wildman–Crippen MR) is 141 cm³/mol. The van der Waals surface area contributed by atoms with Crippen LogP contribution in [0.15, 0.2) is 60.9 Å². The van der Waals surface area contributed by atoms with Crippen molar-refractivity contribution in [2.24, 2.45) is 0 Å². The number of carbonyl (C=O) groups is 2. The molecule has 0 spiro atoms. The molecule has 0 radical (unpaired) electrons. The number of aliphatic carboxylic acids is 1. The number of rotatable bonds is 14. The molecule has 190 valence electrons. The first-order chi connectivity index (χ1) is 17.5. The molecule has 0 aliphatic rings. The Kier molecular flexibility index (Phi) is 10.4. The first-order valence-electron chi connectivity index (χ1n) is 12.6. The number of hydrogen-bond acceptors (Lipinski definition) is 5. The first-order valence-corrected chi connectivity index (χ1v) is 12.6. The fourth-order valence-electron chi connectivity index (χ4n) is 3.72. The minimum absolute atomic E-state index is 0.227. The predicted octanol–water partition coefficient (Wildman–Crippen LogP) is 5.68. The van der Waals surface area contributed by atoms with Gasteiger partial charge in [0, 0.05) is 29.9 Å². The number of carboxylic acids is 1. The Bertz CT molecular complexity index is 1100. The summed E-state index contributed by atoms with van der Waals surface area (Å²) in [6, 6.07) is 14.8. The quantitative estimate of drug-likeness (QED) is 0.283. The average molecular weight is 490 g/mol. The molecular formula is C29H35N3O4. The molecule has 0 saturated carbocycles. The number of nitrogens with one attached hydrogen (secondary N) is 1. The molecule has 1 aromatic heterocycles. The van der Waals surface area contributed by atoms with Crippen LogP contribution in [0.1, 0.15) is 57.9 Å². The van der Waals surface area contributed by atoms with E-state index >= 15 is 0 Å². The van der Waals surface area contributed by atoms with E-state index in [-0.39, 0.29) is 12.3 Å². The lowest BCUT2D eigenvalue weighted by Crippen LogP contribution is -2.38. The van der Waals surface area contributed by atoms with Gasteiger partial charge in [-0.2, -0.15) is 0 Å². The molecule has 1 atom stereocenters. The average Bonchev–Trinajstić information content (AvgIpc) is 2.90. The summed E-state index contributed by atoms with van der Waals surface area (Å²) >= 11 is 0. The summed E-state index contributed by atoms with van der Waals surface area (Å²) in [5.74, 6) is 0.172. The van der Waals surface area contributed by atoms with E-state index in [0.29, 0.717) is 12.2 Å². The second-order valence-electron chi connectivity index (χ2n) is 8.91. The molecule has 0 saturated heterocycles. The Balaban J connectivity index is 1.49. The van der Waals surface area contributed by atoms with Gasteiger partial charge in [-0.3, -0.25) is 9.59 Å². The lowest BCUT2D eigenvalue weighted by Gasteiger charge is -2.09. The lowest BCUT2D eigenvalue weighted by atomic mass is 10.1. The van der Waals surface area contributed by atoms with Crippen LogP contribution < -0.4 is 10.1 Å². The summed E-state index contributed by atoms with van der Waals surface area (Å²) in [6.07, 6.45) is 10.5. The van der Waals surface area contributed by atoms with Crippen LogP contribution >= 0.6 is 0 Å². The fraction of sp³-hybridized carbons (Fsp3) is 0.379. The first kappa shape index (κ1) is 26.9. The fourth-order valence-corrected chi connectivity index (χ4v) is 3.72. The van der Waals surface area contributed by atoms with E-state index < -0.39 is 12.0 Å². The Morgan fingerprint density at radius 3 is 2.17 bits per heavy atom. The molecular weight excluding hydrogens is 454 g/mol. The van der Waals surface area contributed by atoms with Gasteiger partial charge >= 0.3 is 5.97 Å². The van der Waals surface area contributed by atoms with Crippen molar-refractivity contribution in [1.82, 2.24) is 15.3 Å². The van der Waals surface area contributed by atoms with Crippen molar-refractivity contribution in [1.29, 1.82) is 0 Å². The van der Waals surface area contributed by atoms with Crippen LogP contribution in [-0.2, 0) is 16.0 Å². The molecule has 0 aliphatic heterocycles. The van der Waals surface area contributed by atoms with Crippen LogP contribution in [0.25, 0.3) is 22.5 Å². The molecule has 2 N–H and O–H groups in total. The van der Waals surface area contributed by atoms with Gasteiger partial charge in [-0.25, -0.2) is 9.97 Å². The maximum absolute atomic E-state index is 11.9. The number of benzene rings is 2. The molecule has 7 nitrogen and oxygen atoms in total. The minimum Gasteiger partial charge on any atom is -0.494 e. The number of aryl methyl sites for hydroxylation is 1. The number of ether oxygens (including phenoxy) is 1. The monoisotopic (exact) mass is 489 g/mol. The van der Waals surface area contributed by atoms with Crippen LogP contribution in [-0.4, -0.2) is 39.6 Å². The van der Waals surface area contributed by atoms with Crippen molar-refractivity contribution in [2.75, 3.05) is 6.61 Å². The molecule has 0 unspecified atom stereocenters. The third-order valence-corrected chi connectivity index (χ3v) is 5.96. The normalized spacial score (nSPS) is 11.6. The standard InChI is InChI=1S/C29H35N3O4/c1-3-4-5-6-7-18-36-26-15-13-23(14-16-26)25-19-30-28(31-20-25)24-11-8-22(9-12-24)10-17-27(33)32-21(2)29(34)35/h8-9,11-16,19-21H,3-7,10,17-18H2,1-2H3,(H,32,33)(H,34,35)/t21-/m1/s1. The maximum atomic E-state index is 11.9. The van der Waals surface area contributed by atoms with E-state index in [4.69, 9.17) is 9.84 Å². The summed E-state index contributed by atoms with van der Waals surface area (Å²) in [6.45, 7) is 4.41. The van der Waals surface area contributed by atoms with Crippen molar-refractivity contribution in [3.05, 3.63) is 66.5 Å². The zero-order chi connectivity index (χ0) is 25.8. The van der Waals surface area contributed by atoms with Gasteiger partial charge in [-0.15, -0.1) is 0 Å². The Morgan fingerprint density at radius 2 is 1.53 bits per heavy atom. The Morgan fingerprint density at radius 1 is 0.889 bits per heavy atom. The summed E-state index contributed by atoms with van der Waals surface area (Å²) in [5, 5.41) is 11.3. The van der Waals surface area contributed by atoms with Crippen LogP contribution in [0.2, 0.25) is 0 Å². The Labute approximate surface area is 213 Å². The number of unbranched alkanes of at least 4 members (excludes halogenated alkanes) is 4. The van der Waals surface area contributed by atoms with Crippen molar-refractivity contribution in [2.45, 2.75) is 64.8 Å². The molecule has 0 aliphatic carbocycles. The summed E-state index contributed by atoms with van der Waals surface area (Å²) in [5.41, 5.74) is 3.83. The maximum Gasteiger partial charge on any atom is 0.325 e. The molecule has 36 heavy (non-hydrogen) atoms. The minimum atomic E-state index is -1.05. The van der Waals surface area contributed by atoms with Gasteiger partial charge in [0.1, 0.15) is 11.8 Å². The molecule has 1 heterocycles. The number of aromatic nitrogens is 2. The SMILES string of the molecule is CCCCCCCOc1ccc(-c2cnc(-c3ccc(CCC(=O)N[C@H](C)C(=O)O)cc3)nc2)cc1. The van der Waals surface area contributed by atoms with Crippen LogP contribution in [0.5, 0.6) is 5.75 Å². The van der Waals surface area contributed by atoms with Gasteiger partial charge in [-0.1, -0.05) is 69.0 Å². The molecule has 0 bridgehead atoms. The largest absolute Gasteiger partial charge is 0.494 e. The molecule has 0 fully saturated rings. The topological polar surface area (TPSA) is 101 Å². The van der Waals surface area contributed by atoms with Crippen LogP contribution in [0, 0.1) is 0 Å². The van der Waals surface area contributed by atoms with E-state index in [1.165, 1.54) is 32.6 Å². The van der Waals surface area contributed by atoms with Crippen molar-refractivity contribution in [3.63, 3.8) is 0 Å². The van der Waals surface area contributed by atoms with Crippen molar-refractivity contribution in [3.8, 4) is 28.3 Å². The molecule has 1 amide bonds. The van der Waals surface area contributed by atoms with E-state index in [0.717, 1.165) is 41.0 Å². The molecule has 3 rings (SSSR count). The van der Waals surface area contributed by atoms with Gasteiger partial charge in [0.15, 0.2) is 5.82 Å². The number of carboxylic acid groups (broad SMARTS) is 1. The summed E-state index contributed by atoms with van der Waals surface area (Å²) < 4.78 is 5.84. The highest BCUT2D eigenvalue weighted by atomic mass is 16.5. The lowest BCUT2D eigenvalue weighted by molar-refractivity contribution is -0.141. The number of carbonyl (C=O) groups excluding carboxylic acids is 1. The highest BCUT2D eigenvalue weighted by molar-refractivity contribution is 5.83. The number of hydrogen-bond donors (Lipinski definition) is 2. The van der Waals surface area contributed by atoms with Gasteiger partial charge in [0.05, 0.1) is 6.61 Å². The van der Waals surface area contributed by atoms with Crippen LogP contribution in [0.4, 0.5) is 0 Å². The summed E-state index contributed by atoms with van der Waals surface area (Å²) in [7, 11) is 0. The zero-order valence-corrected chi connectivity index (χ0v) is 21.1. The number of amides is 1. The van der Waals surface area contributed by atoms with E-state index in [1.807, 2.05) is 60.9 Å².